The van der Waals surface area contributed by atoms with Gasteiger partial charge in [0.15, 0.2) is 0 Å². The molecular formula is C29H34N4. The average molecular weight is 439 g/mol. The molecule has 0 saturated carbocycles. The molecule has 3 aromatic rings. The minimum atomic E-state index is 0.413. The lowest BCUT2D eigenvalue weighted by Gasteiger charge is -2.18. The number of hydrogen-bond acceptors (Lipinski definition) is 4. The molecule has 0 aliphatic carbocycles. The largest absolute Gasteiger partial charge is 0.399 e. The SMILES string of the molecule is C=C(N)/C=C/CNCc1ccc(/C(=C(/CC)c2ccccc2)c2ccc(N)c(CN)c2)cc1. The van der Waals surface area contributed by atoms with Gasteiger partial charge in [-0.1, -0.05) is 80.2 Å². The van der Waals surface area contributed by atoms with Crippen molar-refractivity contribution in [2.75, 3.05) is 12.3 Å². The van der Waals surface area contributed by atoms with Crippen LogP contribution >= 0.6 is 0 Å². The maximum atomic E-state index is 6.14. The molecule has 0 aliphatic heterocycles. The van der Waals surface area contributed by atoms with E-state index in [2.05, 4.69) is 79.5 Å². The van der Waals surface area contributed by atoms with E-state index in [0.717, 1.165) is 36.3 Å². The lowest BCUT2D eigenvalue weighted by atomic mass is 9.87. The van der Waals surface area contributed by atoms with E-state index in [1.54, 1.807) is 0 Å². The quantitative estimate of drug-likeness (QED) is 0.151. The Bertz CT molecular complexity index is 1130. The molecule has 0 unspecified atom stereocenters. The standard InChI is InChI=1S/C29H34N4/c1-3-27(23-9-5-4-6-10-23)29(25-15-16-28(32)26(18-25)19-30)24-13-11-22(12-14-24)20-33-17-7-8-21(2)31/h4-16,18,33H,2-3,17,19-20,30-32H2,1H3/b8-7+,29-27+. The molecule has 0 bridgehead atoms. The summed E-state index contributed by atoms with van der Waals surface area (Å²) < 4.78 is 0. The van der Waals surface area contributed by atoms with Gasteiger partial charge in [0.2, 0.25) is 0 Å². The molecular weight excluding hydrogens is 404 g/mol. The third-order valence-electron chi connectivity index (χ3n) is 5.59. The van der Waals surface area contributed by atoms with Crippen molar-refractivity contribution >= 4 is 16.8 Å². The third-order valence-corrected chi connectivity index (χ3v) is 5.59. The highest BCUT2D eigenvalue weighted by Crippen LogP contribution is 2.35. The van der Waals surface area contributed by atoms with Crippen LogP contribution in [0.5, 0.6) is 0 Å². The Morgan fingerprint density at radius 3 is 2.27 bits per heavy atom. The van der Waals surface area contributed by atoms with Gasteiger partial charge in [0, 0.05) is 31.0 Å². The van der Waals surface area contributed by atoms with Crippen LogP contribution < -0.4 is 22.5 Å². The molecule has 0 aromatic heterocycles. The van der Waals surface area contributed by atoms with Crippen LogP contribution in [0.15, 0.2) is 97.2 Å². The first kappa shape index (κ1) is 24.1. The highest BCUT2D eigenvalue weighted by Gasteiger charge is 2.14. The molecule has 4 nitrogen and oxygen atoms in total. The number of rotatable bonds is 10. The van der Waals surface area contributed by atoms with E-state index < -0.39 is 0 Å². The Morgan fingerprint density at radius 1 is 0.939 bits per heavy atom. The molecule has 0 spiro atoms. The van der Waals surface area contributed by atoms with Crippen molar-refractivity contribution in [2.45, 2.75) is 26.4 Å². The van der Waals surface area contributed by atoms with E-state index in [0.29, 0.717) is 12.2 Å². The number of allylic oxidation sites excluding steroid dienone is 2. The summed E-state index contributed by atoms with van der Waals surface area (Å²) in [5.74, 6) is 0. The fourth-order valence-corrected chi connectivity index (χ4v) is 3.92. The molecule has 0 aliphatic rings. The van der Waals surface area contributed by atoms with Gasteiger partial charge in [-0.05, 0) is 63.6 Å². The van der Waals surface area contributed by atoms with Crippen LogP contribution in [0, 0.1) is 0 Å². The molecule has 170 valence electrons. The molecule has 0 atom stereocenters. The van der Waals surface area contributed by atoms with Crippen molar-refractivity contribution in [1.29, 1.82) is 0 Å². The third kappa shape index (κ3) is 6.45. The van der Waals surface area contributed by atoms with Crippen LogP contribution in [-0.4, -0.2) is 6.54 Å². The van der Waals surface area contributed by atoms with Gasteiger partial charge in [0.1, 0.15) is 0 Å². The summed E-state index contributed by atoms with van der Waals surface area (Å²) in [6, 6.07) is 25.5. The second-order valence-corrected chi connectivity index (χ2v) is 8.00. The Morgan fingerprint density at radius 2 is 1.64 bits per heavy atom. The predicted octanol–water partition coefficient (Wildman–Crippen LogP) is 5.21. The first-order valence-electron chi connectivity index (χ1n) is 11.3. The van der Waals surface area contributed by atoms with E-state index >= 15 is 0 Å². The topological polar surface area (TPSA) is 90.1 Å². The van der Waals surface area contributed by atoms with Crippen molar-refractivity contribution in [3.63, 3.8) is 0 Å². The van der Waals surface area contributed by atoms with Gasteiger partial charge in [-0.15, -0.1) is 0 Å². The summed E-state index contributed by atoms with van der Waals surface area (Å²) in [6.45, 7) is 7.80. The van der Waals surface area contributed by atoms with Crippen LogP contribution in [0.2, 0.25) is 0 Å². The van der Waals surface area contributed by atoms with Crippen molar-refractivity contribution in [1.82, 2.24) is 5.32 Å². The summed E-state index contributed by atoms with van der Waals surface area (Å²) in [5, 5.41) is 3.40. The van der Waals surface area contributed by atoms with Gasteiger partial charge in [0.05, 0.1) is 0 Å². The minimum absolute atomic E-state index is 0.413. The maximum Gasteiger partial charge on any atom is 0.0359 e. The second kappa shape index (κ2) is 11.9. The van der Waals surface area contributed by atoms with Gasteiger partial charge >= 0.3 is 0 Å². The molecule has 0 fully saturated rings. The highest BCUT2D eigenvalue weighted by atomic mass is 14.8. The molecule has 3 aromatic carbocycles. The van der Waals surface area contributed by atoms with Gasteiger partial charge in [0.25, 0.3) is 0 Å². The fraction of sp³-hybridized carbons (Fsp3) is 0.172. The van der Waals surface area contributed by atoms with Crippen LogP contribution in [0.4, 0.5) is 5.69 Å². The summed E-state index contributed by atoms with van der Waals surface area (Å²) in [4.78, 5) is 0. The number of nitrogens with two attached hydrogens (primary N) is 3. The normalized spacial score (nSPS) is 12.1. The van der Waals surface area contributed by atoms with E-state index in [1.807, 2.05) is 24.3 Å². The first-order valence-corrected chi connectivity index (χ1v) is 11.3. The number of nitrogens with one attached hydrogen (secondary N) is 1. The zero-order valence-electron chi connectivity index (χ0n) is 19.4. The van der Waals surface area contributed by atoms with Gasteiger partial charge in [-0.3, -0.25) is 0 Å². The average Bonchev–Trinajstić information content (AvgIpc) is 2.84. The minimum Gasteiger partial charge on any atom is -0.399 e. The summed E-state index contributed by atoms with van der Waals surface area (Å²) in [7, 11) is 0. The van der Waals surface area contributed by atoms with Crippen molar-refractivity contribution < 1.29 is 0 Å². The van der Waals surface area contributed by atoms with Crippen LogP contribution in [0.1, 0.15) is 41.2 Å². The zero-order chi connectivity index (χ0) is 23.6. The molecule has 0 heterocycles. The summed E-state index contributed by atoms with van der Waals surface area (Å²) >= 11 is 0. The van der Waals surface area contributed by atoms with E-state index in [1.165, 1.54) is 27.8 Å². The molecule has 4 heteroatoms. The smallest absolute Gasteiger partial charge is 0.0359 e. The summed E-state index contributed by atoms with van der Waals surface area (Å²) in [6.07, 6.45) is 4.69. The molecule has 33 heavy (non-hydrogen) atoms. The lowest BCUT2D eigenvalue weighted by Crippen LogP contribution is -2.13. The highest BCUT2D eigenvalue weighted by molar-refractivity contribution is 5.98. The molecule has 0 saturated heterocycles. The van der Waals surface area contributed by atoms with Crippen molar-refractivity contribution in [2.24, 2.45) is 11.5 Å². The Labute approximate surface area is 197 Å². The van der Waals surface area contributed by atoms with Crippen LogP contribution in [0.25, 0.3) is 11.1 Å². The van der Waals surface area contributed by atoms with E-state index in [9.17, 15) is 0 Å². The fourth-order valence-electron chi connectivity index (χ4n) is 3.92. The van der Waals surface area contributed by atoms with Gasteiger partial charge in [-0.2, -0.15) is 0 Å². The summed E-state index contributed by atoms with van der Waals surface area (Å²) in [5.41, 5.74) is 27.2. The Kier molecular flexibility index (Phi) is 8.64. The van der Waals surface area contributed by atoms with Crippen LogP contribution in [-0.2, 0) is 13.1 Å². The Balaban J connectivity index is 1.98. The monoisotopic (exact) mass is 438 g/mol. The van der Waals surface area contributed by atoms with Crippen molar-refractivity contribution in [3.8, 4) is 0 Å². The Hall–Kier alpha value is -3.60. The molecule has 0 radical (unpaired) electrons. The predicted molar refractivity (Wildman–Crippen MR) is 142 cm³/mol. The number of anilines is 1. The number of hydrogen-bond donors (Lipinski definition) is 4. The van der Waals surface area contributed by atoms with Crippen LogP contribution in [0.3, 0.4) is 0 Å². The number of nitrogen functional groups attached to an aromatic ring is 1. The maximum absolute atomic E-state index is 6.14. The zero-order valence-corrected chi connectivity index (χ0v) is 19.4. The van der Waals surface area contributed by atoms with Gasteiger partial charge in [-0.25, -0.2) is 0 Å². The lowest BCUT2D eigenvalue weighted by molar-refractivity contribution is 0.759. The first-order chi connectivity index (χ1) is 16.0. The number of benzene rings is 3. The van der Waals surface area contributed by atoms with Crippen molar-refractivity contribution in [3.05, 3.63) is 125 Å². The van der Waals surface area contributed by atoms with Gasteiger partial charge < -0.3 is 22.5 Å². The molecule has 0 amide bonds. The molecule has 3 rings (SSSR count). The second-order valence-electron chi connectivity index (χ2n) is 8.00. The van der Waals surface area contributed by atoms with E-state index in [-0.39, 0.29) is 0 Å². The molecule has 7 N–H and O–H groups in total. The van der Waals surface area contributed by atoms with E-state index in [4.69, 9.17) is 17.2 Å².